The smallest absolute Gasteiger partial charge is 0.343 e. The van der Waals surface area contributed by atoms with Gasteiger partial charge in [-0.15, -0.1) is 0 Å². The summed E-state index contributed by atoms with van der Waals surface area (Å²) in [6.07, 6.45) is 0. The van der Waals surface area contributed by atoms with Crippen molar-refractivity contribution in [2.45, 2.75) is 0 Å². The van der Waals surface area contributed by atoms with Crippen molar-refractivity contribution >= 4 is 28.0 Å². The zero-order valence-corrected chi connectivity index (χ0v) is 12.0. The summed E-state index contributed by atoms with van der Waals surface area (Å²) in [5, 5.41) is 15.4. The minimum atomic E-state index is -0.617. The number of ether oxygens (including phenoxy) is 1. The molecule has 2 aromatic heterocycles. The average molecular weight is 324 g/mol. The Hall–Kier alpha value is -3.68. The number of hydrogen-bond donors (Lipinski definition) is 0. The van der Waals surface area contributed by atoms with Gasteiger partial charge in [0.15, 0.2) is 0 Å². The molecule has 8 heteroatoms. The van der Waals surface area contributed by atoms with Crippen molar-refractivity contribution in [2.24, 2.45) is 0 Å². The van der Waals surface area contributed by atoms with Gasteiger partial charge in [-0.3, -0.25) is 4.63 Å². The standard InChI is InChI=1S/C16H8N2O6/c19-15-6-2-9-7-11(3-5-14(9)23-15)22-16(20)10-1-4-13-12(8-10)17-24-18(13)21/h1-8H. The third-order valence-corrected chi connectivity index (χ3v) is 3.42. The summed E-state index contributed by atoms with van der Waals surface area (Å²) < 4.78 is 14.8. The minimum Gasteiger partial charge on any atom is -0.423 e. The number of rotatable bonds is 2. The molecule has 0 aliphatic carbocycles. The highest BCUT2D eigenvalue weighted by Crippen LogP contribution is 2.21. The topological polar surface area (TPSA) is 109 Å². The zero-order chi connectivity index (χ0) is 16.7. The highest BCUT2D eigenvalue weighted by atomic mass is 16.8. The van der Waals surface area contributed by atoms with Gasteiger partial charge >= 0.3 is 11.6 Å². The molecule has 0 saturated heterocycles. The Morgan fingerprint density at radius 3 is 2.88 bits per heavy atom. The van der Waals surface area contributed by atoms with Crippen molar-refractivity contribution in [2.75, 3.05) is 0 Å². The zero-order valence-electron chi connectivity index (χ0n) is 12.0. The lowest BCUT2D eigenvalue weighted by Crippen LogP contribution is -2.22. The van der Waals surface area contributed by atoms with E-state index in [4.69, 9.17) is 9.15 Å². The maximum atomic E-state index is 12.2. The average Bonchev–Trinajstić information content (AvgIpc) is 2.95. The molecule has 0 aliphatic heterocycles. The molecule has 0 unspecified atom stereocenters. The molecule has 118 valence electrons. The van der Waals surface area contributed by atoms with Gasteiger partial charge in [-0.25, -0.2) is 9.59 Å². The van der Waals surface area contributed by atoms with Gasteiger partial charge in [0, 0.05) is 22.7 Å². The van der Waals surface area contributed by atoms with Crippen LogP contribution in [0.4, 0.5) is 0 Å². The summed E-state index contributed by atoms with van der Waals surface area (Å²) in [5.74, 6) is -0.324. The van der Waals surface area contributed by atoms with Crippen LogP contribution in [0.2, 0.25) is 0 Å². The molecule has 24 heavy (non-hydrogen) atoms. The van der Waals surface area contributed by atoms with Crippen molar-refractivity contribution in [3.63, 3.8) is 0 Å². The quantitative estimate of drug-likeness (QED) is 0.239. The predicted octanol–water partition coefficient (Wildman–Crippen LogP) is 1.79. The molecule has 0 aliphatic rings. The number of benzene rings is 2. The number of fused-ring (bicyclic) bond motifs is 2. The summed E-state index contributed by atoms with van der Waals surface area (Å²) in [4.78, 5) is 23.6. The molecule has 0 fully saturated rings. The summed E-state index contributed by atoms with van der Waals surface area (Å²) in [7, 11) is 0. The second-order valence-corrected chi connectivity index (χ2v) is 4.98. The molecule has 8 nitrogen and oxygen atoms in total. The van der Waals surface area contributed by atoms with Crippen LogP contribution in [-0.2, 0) is 0 Å². The molecule has 0 saturated carbocycles. The van der Waals surface area contributed by atoms with E-state index in [1.165, 1.54) is 30.3 Å². The van der Waals surface area contributed by atoms with Crippen LogP contribution in [-0.4, -0.2) is 11.1 Å². The number of esters is 1. The number of nitrogens with zero attached hydrogens (tertiary/aromatic N) is 2. The molecule has 0 bridgehead atoms. The predicted molar refractivity (Wildman–Crippen MR) is 80.4 cm³/mol. The Bertz CT molecular complexity index is 1140. The third kappa shape index (κ3) is 2.35. The van der Waals surface area contributed by atoms with Crippen molar-refractivity contribution in [3.8, 4) is 5.75 Å². The van der Waals surface area contributed by atoms with Crippen LogP contribution >= 0.6 is 0 Å². The maximum Gasteiger partial charge on any atom is 0.343 e. The lowest BCUT2D eigenvalue weighted by molar-refractivity contribution is -0.782. The summed E-state index contributed by atoms with van der Waals surface area (Å²) in [6.45, 7) is 0. The highest BCUT2D eigenvalue weighted by Gasteiger charge is 2.15. The molecular formula is C16H8N2O6. The summed E-state index contributed by atoms with van der Waals surface area (Å²) in [6, 6.07) is 11.8. The lowest BCUT2D eigenvalue weighted by atomic mass is 10.2. The molecule has 0 atom stereocenters. The summed E-state index contributed by atoms with van der Waals surface area (Å²) in [5.41, 5.74) is 0.623. The number of carbonyl (C=O) groups is 1. The third-order valence-electron chi connectivity index (χ3n) is 3.42. The van der Waals surface area contributed by atoms with Crippen LogP contribution in [0, 0.1) is 5.21 Å². The van der Waals surface area contributed by atoms with Crippen molar-refractivity contribution in [1.29, 1.82) is 0 Å². The van der Waals surface area contributed by atoms with Gasteiger partial charge in [0.05, 0.1) is 5.56 Å². The maximum absolute atomic E-state index is 12.2. The Morgan fingerprint density at radius 2 is 2.00 bits per heavy atom. The molecule has 0 spiro atoms. The highest BCUT2D eigenvalue weighted by molar-refractivity contribution is 5.94. The first kappa shape index (κ1) is 13.9. The Balaban J connectivity index is 1.64. The second-order valence-electron chi connectivity index (χ2n) is 4.98. The molecular weight excluding hydrogens is 316 g/mol. The van der Waals surface area contributed by atoms with E-state index in [0.717, 1.165) is 0 Å². The Morgan fingerprint density at radius 1 is 1.12 bits per heavy atom. The SMILES string of the molecule is O=C(Oc1ccc2oc(=O)ccc2c1)c1ccc2c(c1)no[n+]2[O-]. The van der Waals surface area contributed by atoms with Crippen LogP contribution in [0.5, 0.6) is 5.75 Å². The van der Waals surface area contributed by atoms with E-state index in [0.29, 0.717) is 16.7 Å². The fourth-order valence-electron chi connectivity index (χ4n) is 2.28. The largest absolute Gasteiger partial charge is 0.423 e. The lowest BCUT2D eigenvalue weighted by Gasteiger charge is -2.04. The fourth-order valence-corrected chi connectivity index (χ4v) is 2.28. The van der Waals surface area contributed by atoms with Crippen molar-refractivity contribution in [3.05, 3.63) is 69.7 Å². The molecule has 0 radical (unpaired) electrons. The van der Waals surface area contributed by atoms with Gasteiger partial charge in [-0.1, -0.05) is 0 Å². The number of aromatic nitrogens is 2. The van der Waals surface area contributed by atoms with Crippen LogP contribution in [0.1, 0.15) is 10.4 Å². The molecule has 2 heterocycles. The van der Waals surface area contributed by atoms with Crippen LogP contribution in [0.3, 0.4) is 0 Å². The van der Waals surface area contributed by atoms with Crippen LogP contribution in [0.25, 0.3) is 22.0 Å². The van der Waals surface area contributed by atoms with Crippen LogP contribution in [0.15, 0.2) is 62.4 Å². The fraction of sp³-hybridized carbons (Fsp3) is 0. The Kier molecular flexibility index (Phi) is 3.02. The molecule has 2 aromatic carbocycles. The first-order chi connectivity index (χ1) is 11.6. The first-order valence-electron chi connectivity index (χ1n) is 6.86. The normalized spacial score (nSPS) is 11.0. The van der Waals surface area contributed by atoms with E-state index in [1.807, 2.05) is 0 Å². The van der Waals surface area contributed by atoms with E-state index >= 15 is 0 Å². The van der Waals surface area contributed by atoms with Gasteiger partial charge < -0.3 is 14.4 Å². The van der Waals surface area contributed by atoms with Crippen LogP contribution < -0.4 is 15.3 Å². The molecule has 0 amide bonds. The minimum absolute atomic E-state index is 0.215. The van der Waals surface area contributed by atoms with Crippen molar-refractivity contribution in [1.82, 2.24) is 5.16 Å². The van der Waals surface area contributed by atoms with Gasteiger partial charge in [-0.05, 0) is 41.3 Å². The van der Waals surface area contributed by atoms with Gasteiger partial charge in [0.1, 0.15) is 11.3 Å². The molecule has 4 rings (SSSR count). The van der Waals surface area contributed by atoms with Crippen molar-refractivity contribution < 1.29 is 23.5 Å². The number of carbonyl (C=O) groups excluding carboxylic acids is 1. The molecule has 0 N–H and O–H groups in total. The monoisotopic (exact) mass is 324 g/mol. The van der Waals surface area contributed by atoms with E-state index < -0.39 is 11.6 Å². The second kappa shape index (κ2) is 5.20. The van der Waals surface area contributed by atoms with Gasteiger partial charge in [-0.2, -0.15) is 0 Å². The van der Waals surface area contributed by atoms with E-state index in [1.54, 1.807) is 18.2 Å². The molecule has 4 aromatic rings. The van der Waals surface area contributed by atoms with E-state index in [-0.39, 0.29) is 21.5 Å². The van der Waals surface area contributed by atoms with Gasteiger partial charge in [0.2, 0.25) is 11.0 Å². The van der Waals surface area contributed by atoms with Gasteiger partial charge in [0.25, 0.3) is 0 Å². The van der Waals surface area contributed by atoms with E-state index in [9.17, 15) is 14.8 Å². The summed E-state index contributed by atoms with van der Waals surface area (Å²) >= 11 is 0. The first-order valence-corrected chi connectivity index (χ1v) is 6.86. The van der Waals surface area contributed by atoms with E-state index in [2.05, 4.69) is 9.79 Å². The number of hydrogen-bond acceptors (Lipinski definition) is 7. The Labute approximate surface area is 133 Å².